The molecule has 0 aromatic carbocycles. The fourth-order valence-electron chi connectivity index (χ4n) is 8.61. The number of phosphoric acid groups is 1. The van der Waals surface area contributed by atoms with E-state index in [0.717, 1.165) is 103 Å². The number of carbonyl (C=O) groups excluding carboxylic acids is 2. The molecule has 0 fully saturated rings. The number of esters is 2. The predicted molar refractivity (Wildman–Crippen MR) is 337 cm³/mol. The average molecular weight is 1120 g/mol. The lowest BCUT2D eigenvalue weighted by atomic mass is 10.0. The van der Waals surface area contributed by atoms with Crippen LogP contribution in [0.4, 0.5) is 0 Å². The second-order valence-electron chi connectivity index (χ2n) is 22.4. The lowest BCUT2D eigenvalue weighted by molar-refractivity contribution is -0.870. The van der Waals surface area contributed by atoms with E-state index in [-0.39, 0.29) is 32.0 Å². The second-order valence-corrected chi connectivity index (χ2v) is 23.8. The molecule has 10 heteroatoms. The molecule has 0 rings (SSSR count). The minimum Gasteiger partial charge on any atom is -0.756 e. The lowest BCUT2D eigenvalue weighted by Gasteiger charge is -2.28. The molecular weight excluding hydrogens is 1000 g/mol. The van der Waals surface area contributed by atoms with E-state index in [0.29, 0.717) is 17.4 Å². The lowest BCUT2D eigenvalue weighted by Crippen LogP contribution is -2.37. The maximum absolute atomic E-state index is 12.8. The van der Waals surface area contributed by atoms with Gasteiger partial charge < -0.3 is 27.9 Å². The monoisotopic (exact) mass is 1120 g/mol. The number of rotatable bonds is 58. The summed E-state index contributed by atoms with van der Waals surface area (Å²) >= 11 is 0. The van der Waals surface area contributed by atoms with Crippen LogP contribution in [0.5, 0.6) is 0 Å². The van der Waals surface area contributed by atoms with E-state index < -0.39 is 26.5 Å². The summed E-state index contributed by atoms with van der Waals surface area (Å²) in [6.45, 7) is 4.13. The maximum atomic E-state index is 12.8. The Balaban J connectivity index is 4.09. The molecule has 0 aliphatic heterocycles. The molecule has 2 atom stereocenters. The minimum atomic E-state index is -4.64. The van der Waals surface area contributed by atoms with Crippen molar-refractivity contribution in [1.82, 2.24) is 0 Å². The quantitative estimate of drug-likeness (QED) is 0.0195. The third-order valence-electron chi connectivity index (χ3n) is 13.5. The summed E-state index contributed by atoms with van der Waals surface area (Å²) < 4.78 is 34.2. The van der Waals surface area contributed by atoms with Crippen LogP contribution >= 0.6 is 7.82 Å². The fraction of sp³-hybridized carbons (Fsp3) is 0.710. The largest absolute Gasteiger partial charge is 0.756 e. The summed E-state index contributed by atoms with van der Waals surface area (Å²) in [5.74, 6) is -0.840. The van der Waals surface area contributed by atoms with Crippen molar-refractivity contribution >= 4 is 19.8 Å². The van der Waals surface area contributed by atoms with Gasteiger partial charge in [0.2, 0.25) is 0 Å². The molecule has 79 heavy (non-hydrogen) atoms. The SMILES string of the molecule is CC/C=C\C/C=C\C/C=C\C/C=C\C/C=C\C/C=C\C/C=C\C/C=C\CCCCCCCCCCCCCCC(=O)OC(COC(=O)CCCCCCCCC/C=C\CCCCCCCCC)COP(=O)([O-])OCC[N+](C)(C)C. The molecule has 9 nitrogen and oxygen atoms in total. The summed E-state index contributed by atoms with van der Waals surface area (Å²) in [5, 5.41) is 0. The molecule has 2 unspecified atom stereocenters. The summed E-state index contributed by atoms with van der Waals surface area (Å²) in [7, 11) is 1.16. The van der Waals surface area contributed by atoms with Crippen molar-refractivity contribution in [3.63, 3.8) is 0 Å². The van der Waals surface area contributed by atoms with E-state index in [1.807, 2.05) is 21.1 Å². The first-order chi connectivity index (χ1) is 38.5. The van der Waals surface area contributed by atoms with E-state index in [1.165, 1.54) is 128 Å². The number of allylic oxidation sites excluding steroid dienone is 18. The zero-order chi connectivity index (χ0) is 57.7. The van der Waals surface area contributed by atoms with Gasteiger partial charge in [-0.05, 0) is 103 Å². The zero-order valence-corrected chi connectivity index (χ0v) is 52.4. The van der Waals surface area contributed by atoms with Gasteiger partial charge >= 0.3 is 11.9 Å². The second kappa shape index (κ2) is 59.3. The molecule has 0 aromatic rings. The molecule has 0 aromatic heterocycles. The molecule has 0 aliphatic rings. The van der Waals surface area contributed by atoms with Gasteiger partial charge in [-0.15, -0.1) is 0 Å². The molecule has 0 heterocycles. The Kier molecular flexibility index (Phi) is 56.8. The smallest absolute Gasteiger partial charge is 0.306 e. The number of likely N-dealkylation sites (N-methyl/N-ethyl adjacent to an activating group) is 1. The Morgan fingerprint density at radius 1 is 0.405 bits per heavy atom. The van der Waals surface area contributed by atoms with Crippen LogP contribution in [0.15, 0.2) is 109 Å². The van der Waals surface area contributed by atoms with Gasteiger partial charge in [0.25, 0.3) is 7.82 Å². The Labute approximate surface area is 486 Å². The van der Waals surface area contributed by atoms with Gasteiger partial charge in [0.15, 0.2) is 6.10 Å². The summed E-state index contributed by atoms with van der Waals surface area (Å²) in [6, 6.07) is 0. The first kappa shape index (κ1) is 75.7. The van der Waals surface area contributed by atoms with E-state index in [4.69, 9.17) is 18.5 Å². The van der Waals surface area contributed by atoms with Crippen LogP contribution in [-0.4, -0.2) is 70.0 Å². The molecule has 0 saturated heterocycles. The van der Waals surface area contributed by atoms with Gasteiger partial charge in [0.1, 0.15) is 19.8 Å². The Hall–Kier alpha value is -3.33. The van der Waals surface area contributed by atoms with Gasteiger partial charge in [-0.1, -0.05) is 258 Å². The minimum absolute atomic E-state index is 0.0354. The van der Waals surface area contributed by atoms with E-state index >= 15 is 0 Å². The van der Waals surface area contributed by atoms with Crippen LogP contribution < -0.4 is 4.89 Å². The molecule has 454 valence electrons. The molecule has 0 bridgehead atoms. The topological polar surface area (TPSA) is 111 Å². The first-order valence-electron chi connectivity index (χ1n) is 32.1. The van der Waals surface area contributed by atoms with Gasteiger partial charge in [-0.2, -0.15) is 0 Å². The number of quaternary nitrogens is 1. The Morgan fingerprint density at radius 3 is 1.09 bits per heavy atom. The number of carbonyl (C=O) groups is 2. The van der Waals surface area contributed by atoms with Crippen molar-refractivity contribution in [3.8, 4) is 0 Å². The highest BCUT2D eigenvalue weighted by atomic mass is 31.2. The van der Waals surface area contributed by atoms with Crippen LogP contribution in [-0.2, 0) is 32.7 Å². The van der Waals surface area contributed by atoms with Crippen LogP contribution in [0.1, 0.15) is 264 Å². The van der Waals surface area contributed by atoms with Crippen LogP contribution in [0.25, 0.3) is 0 Å². The number of phosphoric ester groups is 1. The zero-order valence-electron chi connectivity index (χ0n) is 51.5. The molecule has 0 amide bonds. The fourth-order valence-corrected chi connectivity index (χ4v) is 9.34. The number of unbranched alkanes of at least 4 members (excludes halogenated alkanes) is 26. The van der Waals surface area contributed by atoms with Crippen molar-refractivity contribution in [2.45, 2.75) is 270 Å². The average Bonchev–Trinajstić information content (AvgIpc) is 3.41. The van der Waals surface area contributed by atoms with Crippen LogP contribution in [0.2, 0.25) is 0 Å². The predicted octanol–water partition coefficient (Wildman–Crippen LogP) is 19.9. The molecule has 0 aliphatic carbocycles. The van der Waals surface area contributed by atoms with Crippen molar-refractivity contribution in [1.29, 1.82) is 0 Å². The van der Waals surface area contributed by atoms with Gasteiger partial charge in [0.05, 0.1) is 27.7 Å². The molecule has 0 N–H and O–H groups in total. The van der Waals surface area contributed by atoms with Crippen molar-refractivity contribution in [2.24, 2.45) is 0 Å². The molecule has 0 radical (unpaired) electrons. The van der Waals surface area contributed by atoms with E-state index in [9.17, 15) is 19.0 Å². The Morgan fingerprint density at radius 2 is 0.722 bits per heavy atom. The van der Waals surface area contributed by atoms with Gasteiger partial charge in [0, 0.05) is 12.8 Å². The summed E-state index contributed by atoms with van der Waals surface area (Å²) in [5.41, 5.74) is 0. The Bertz CT molecular complexity index is 1700. The number of hydrogen-bond donors (Lipinski definition) is 0. The summed E-state index contributed by atoms with van der Waals surface area (Å²) in [6.07, 6.45) is 82.9. The summed E-state index contributed by atoms with van der Waals surface area (Å²) in [4.78, 5) is 37.9. The number of ether oxygens (including phenoxy) is 2. The highest BCUT2D eigenvalue weighted by Gasteiger charge is 2.22. The highest BCUT2D eigenvalue weighted by Crippen LogP contribution is 2.38. The van der Waals surface area contributed by atoms with Crippen molar-refractivity contribution < 1.29 is 42.1 Å². The van der Waals surface area contributed by atoms with Gasteiger partial charge in [-0.25, -0.2) is 0 Å². The highest BCUT2D eigenvalue weighted by molar-refractivity contribution is 7.45. The molecule has 0 saturated carbocycles. The number of nitrogens with zero attached hydrogens (tertiary/aromatic N) is 1. The molecular formula is C69H120NO8P. The van der Waals surface area contributed by atoms with E-state index in [2.05, 4.69) is 123 Å². The maximum Gasteiger partial charge on any atom is 0.306 e. The van der Waals surface area contributed by atoms with Crippen molar-refractivity contribution in [3.05, 3.63) is 109 Å². The normalized spacial score (nSPS) is 13.9. The third kappa shape index (κ3) is 63.7. The van der Waals surface area contributed by atoms with Crippen molar-refractivity contribution in [2.75, 3.05) is 47.5 Å². The number of hydrogen-bond acceptors (Lipinski definition) is 8. The standard InChI is InChI=1S/C69H120NO8P/c1-6-8-10-12-14-16-18-20-22-24-26-27-28-29-30-31-32-33-34-35-36-37-38-39-40-41-42-43-44-46-48-50-52-54-56-58-60-62-69(72)78-67(66-77-79(73,74)76-64-63-70(3,4)5)65-75-68(71)61-59-57-55-53-51-49-47-45-25-23-21-19-17-15-13-11-9-7-2/h8,10,14,16,20,22-23,25-27,29-30,32-33,35-36,38-39,67H,6-7,9,11-13,15,17-19,21,24,28,31,34,37,40-66H2,1-5H3/b10-8-,16-14-,22-20-,25-23-,27-26-,30-29-,33-32-,36-35-,39-38-. The van der Waals surface area contributed by atoms with Crippen LogP contribution in [0.3, 0.4) is 0 Å². The van der Waals surface area contributed by atoms with Crippen LogP contribution in [0, 0.1) is 0 Å². The van der Waals surface area contributed by atoms with E-state index in [1.54, 1.807) is 0 Å². The first-order valence-corrected chi connectivity index (χ1v) is 33.6. The van der Waals surface area contributed by atoms with Gasteiger partial charge in [-0.3, -0.25) is 14.2 Å². The third-order valence-corrected chi connectivity index (χ3v) is 14.5. The molecule has 0 spiro atoms.